The maximum absolute atomic E-state index is 15.9. The molecule has 5 saturated carbocycles. The molecule has 0 bridgehead atoms. The second kappa shape index (κ2) is 21.8. The Morgan fingerprint density at radius 1 is 0.987 bits per heavy atom. The number of hydrogen-bond donors (Lipinski definition) is 10. The lowest BCUT2D eigenvalue weighted by atomic mass is 9.40. The molecule has 0 amide bonds. The number of carbonyl (C=O) groups excluding carboxylic acids is 3. The number of aliphatic imine (C=N–C) groups is 1. The van der Waals surface area contributed by atoms with Crippen LogP contribution in [0.4, 0.5) is 0 Å². The smallest absolute Gasteiger partial charge is 0.314 e. The molecular formula is C62H91N5O10. The fourth-order valence-corrected chi connectivity index (χ4v) is 19.3. The number of nitrogens with one attached hydrogen (secondary N) is 2. The highest BCUT2D eigenvalue weighted by Gasteiger charge is 2.75. The zero-order valence-corrected chi connectivity index (χ0v) is 46.5. The predicted molar refractivity (Wildman–Crippen MR) is 292 cm³/mol. The first-order valence-electron chi connectivity index (χ1n) is 29.9. The van der Waals surface area contributed by atoms with Gasteiger partial charge in [-0.05, 0) is 180 Å². The fraction of sp³-hybridized carbons (Fsp3) is 0.774. The van der Waals surface area contributed by atoms with Crippen molar-refractivity contribution in [1.82, 2.24) is 10.3 Å². The monoisotopic (exact) mass is 1070 g/mol. The molecule has 0 aromatic carbocycles. The number of carbonyl (C=O) groups is 3. The van der Waals surface area contributed by atoms with Crippen LogP contribution in [-0.4, -0.2) is 114 Å². The Labute approximate surface area is 456 Å². The quantitative estimate of drug-likeness (QED) is 0.0395. The summed E-state index contributed by atoms with van der Waals surface area (Å²) in [6, 6.07) is 0.782. The summed E-state index contributed by atoms with van der Waals surface area (Å²) in [6.45, 7) is 9.16. The number of aromatic nitrogens is 1. The number of aromatic amines is 1. The molecule has 8 aliphatic carbocycles. The fourth-order valence-electron chi connectivity index (χ4n) is 19.3. The van der Waals surface area contributed by atoms with Gasteiger partial charge in [0.05, 0.1) is 47.7 Å². The molecular weight excluding hydrogens is 975 g/mol. The van der Waals surface area contributed by atoms with Gasteiger partial charge in [0.25, 0.3) is 0 Å². The number of ether oxygens (including phenoxy) is 1. The van der Waals surface area contributed by atoms with Crippen LogP contribution >= 0.6 is 0 Å². The number of Topliss-reactive ketones (excluding diaryl/α,β-unsaturated/α-hetero) is 2. The molecule has 15 nitrogen and oxygen atoms in total. The first-order valence-corrected chi connectivity index (χ1v) is 29.9. The lowest BCUT2D eigenvalue weighted by Crippen LogP contribution is -2.67. The SMILES string of the molecule is CCC1OC(=O)C(c2cc[nH]c2)C1C1C#CCC2CC3(O)C4=C(NC(CO)C(C)=O)C(=O)C5CC(O)C(O)CC5(C5CCCCC5)C4CCC3(CCN=C(N)N)C2C(C)(O)C(O)CC(C)C2CC=C3CCC(C)CC3C2C1. The Morgan fingerprint density at radius 3 is 2.44 bits per heavy atom. The lowest BCUT2D eigenvalue weighted by molar-refractivity contribution is -0.198. The number of esters is 1. The lowest BCUT2D eigenvalue weighted by Gasteiger charge is -2.65. The van der Waals surface area contributed by atoms with Gasteiger partial charge >= 0.3 is 5.97 Å². The molecule has 1 aliphatic heterocycles. The molecule has 21 atom stereocenters. The van der Waals surface area contributed by atoms with Gasteiger partial charge < -0.3 is 57.1 Å². The van der Waals surface area contributed by atoms with Crippen molar-refractivity contribution < 1.29 is 49.8 Å². The van der Waals surface area contributed by atoms with Crippen LogP contribution in [0.15, 0.2) is 46.4 Å². The van der Waals surface area contributed by atoms with Crippen molar-refractivity contribution in [2.75, 3.05) is 13.2 Å². The second-order valence-electron chi connectivity index (χ2n) is 26.6. The summed E-state index contributed by atoms with van der Waals surface area (Å²) in [4.78, 5) is 51.1. The number of H-pyrrole nitrogens is 1. The van der Waals surface area contributed by atoms with E-state index in [-0.39, 0.29) is 110 Å². The van der Waals surface area contributed by atoms with Gasteiger partial charge in [0.1, 0.15) is 12.1 Å². The van der Waals surface area contributed by atoms with Crippen LogP contribution in [0.2, 0.25) is 0 Å². The number of nitrogens with zero attached hydrogens (tertiary/aromatic N) is 1. The predicted octanol–water partition coefficient (Wildman–Crippen LogP) is 6.10. The maximum atomic E-state index is 15.9. The van der Waals surface area contributed by atoms with Crippen molar-refractivity contribution >= 4 is 23.5 Å². The number of ketones is 2. The Hall–Kier alpha value is -4.04. The number of cyclic esters (lactones) is 1. The number of nitrogens with two attached hydrogens (primary N) is 2. The molecule has 21 unspecified atom stereocenters. The van der Waals surface area contributed by atoms with Crippen LogP contribution < -0.4 is 16.8 Å². The number of rotatable bonds is 11. The summed E-state index contributed by atoms with van der Waals surface area (Å²) >= 11 is 0. The topological polar surface area (TPSA) is 274 Å². The Bertz CT molecular complexity index is 2520. The van der Waals surface area contributed by atoms with E-state index in [1.54, 1.807) is 6.92 Å². The molecule has 1 aromatic heterocycles. The molecule has 12 N–H and O–H groups in total. The highest BCUT2D eigenvalue weighted by atomic mass is 16.6. The second-order valence-corrected chi connectivity index (χ2v) is 26.6. The van der Waals surface area contributed by atoms with Gasteiger partial charge in [0.15, 0.2) is 17.5 Å². The van der Waals surface area contributed by atoms with Crippen molar-refractivity contribution in [3.05, 3.63) is 46.9 Å². The third-order valence-corrected chi connectivity index (χ3v) is 22.7. The van der Waals surface area contributed by atoms with E-state index in [4.69, 9.17) is 16.2 Å². The van der Waals surface area contributed by atoms with Gasteiger partial charge in [-0.15, -0.1) is 5.92 Å². The van der Waals surface area contributed by atoms with Crippen molar-refractivity contribution in [1.29, 1.82) is 0 Å². The van der Waals surface area contributed by atoms with Crippen LogP contribution in [0, 0.1) is 93.7 Å². The van der Waals surface area contributed by atoms with E-state index in [0.717, 1.165) is 69.8 Å². The summed E-state index contributed by atoms with van der Waals surface area (Å²) in [5.74, 6) is 3.91. The zero-order valence-electron chi connectivity index (χ0n) is 46.5. The van der Waals surface area contributed by atoms with Gasteiger partial charge in [-0.25, -0.2) is 0 Å². The molecule has 15 heteroatoms. The van der Waals surface area contributed by atoms with Gasteiger partial charge in [0.2, 0.25) is 0 Å². The Morgan fingerprint density at radius 2 is 1.75 bits per heavy atom. The molecule has 10 rings (SSSR count). The largest absolute Gasteiger partial charge is 0.462 e. The van der Waals surface area contributed by atoms with E-state index < -0.39 is 88.4 Å². The van der Waals surface area contributed by atoms with E-state index in [2.05, 4.69) is 54.0 Å². The van der Waals surface area contributed by atoms with Gasteiger partial charge in [-0.2, -0.15) is 0 Å². The van der Waals surface area contributed by atoms with Gasteiger partial charge in [0, 0.05) is 54.4 Å². The van der Waals surface area contributed by atoms with Crippen molar-refractivity contribution in [2.24, 2.45) is 98.3 Å². The van der Waals surface area contributed by atoms with E-state index in [1.807, 2.05) is 18.5 Å². The number of allylic oxidation sites excluding steroid dienone is 3. The summed E-state index contributed by atoms with van der Waals surface area (Å²) in [7, 11) is 0. The van der Waals surface area contributed by atoms with Crippen molar-refractivity contribution in [3.63, 3.8) is 0 Å². The number of aliphatic hydroxyl groups is 6. The average molecular weight is 1070 g/mol. The van der Waals surface area contributed by atoms with E-state index in [1.165, 1.54) is 12.5 Å². The molecule has 77 heavy (non-hydrogen) atoms. The standard InChI is InChI=1S/C62H91N5O10/c1-6-49-51(52(57(74)77-49)39-20-23-65-31-39)37-11-10-12-38-29-62(76)53-44(61(40-13-8-7-9-14-40)30-48(71)47(70)28-45(61)55(73)54(53)67-46(32-68)35(4)69)19-21-60(62,22-24-66-58(63)64)56(38)59(5,75)50(72)26-34(3)41-18-17-36-16-15-33(2)25-42(36)43(41)27-37/h17,20,23,31,33-34,37-38,40-52,56,65,67-68,70-72,75-76H,6-9,12-16,18-19,21-22,24-30,32H2,1-5H3,(H4,63,64,66). The molecule has 6 fully saturated rings. The van der Waals surface area contributed by atoms with Crippen molar-refractivity contribution in [3.8, 4) is 11.8 Å². The minimum absolute atomic E-state index is 0.0132. The van der Waals surface area contributed by atoms with E-state index in [0.29, 0.717) is 36.7 Å². The molecule has 1 aromatic rings. The Kier molecular flexibility index (Phi) is 15.9. The minimum Gasteiger partial charge on any atom is -0.462 e. The number of aliphatic hydroxyl groups excluding tert-OH is 4. The number of fused-ring (bicyclic) bond motifs is 10. The molecule has 0 spiro atoms. The first kappa shape index (κ1) is 56.2. The van der Waals surface area contributed by atoms with Gasteiger partial charge in [-0.1, -0.05) is 57.6 Å². The minimum atomic E-state index is -1.90. The van der Waals surface area contributed by atoms with Gasteiger partial charge in [-0.3, -0.25) is 19.4 Å². The van der Waals surface area contributed by atoms with Crippen LogP contribution in [0.1, 0.15) is 168 Å². The third kappa shape index (κ3) is 9.46. The highest BCUT2D eigenvalue weighted by Crippen LogP contribution is 2.74. The maximum Gasteiger partial charge on any atom is 0.314 e. The molecule has 424 valence electrons. The van der Waals surface area contributed by atoms with E-state index in [9.17, 15) is 40.2 Å². The van der Waals surface area contributed by atoms with Crippen LogP contribution in [0.3, 0.4) is 0 Å². The summed E-state index contributed by atoms with van der Waals surface area (Å²) in [5.41, 5.74) is 9.13. The Balaban J connectivity index is 1.18. The molecule has 2 heterocycles. The number of hydrogen-bond acceptors (Lipinski definition) is 12. The third-order valence-electron chi connectivity index (χ3n) is 22.7. The zero-order chi connectivity index (χ0) is 54.9. The normalized spacial score (nSPS) is 44.6. The van der Waals surface area contributed by atoms with Crippen molar-refractivity contribution in [2.45, 2.75) is 204 Å². The van der Waals surface area contributed by atoms with Crippen LogP contribution in [0.25, 0.3) is 0 Å². The van der Waals surface area contributed by atoms with Crippen LogP contribution in [0.5, 0.6) is 0 Å². The summed E-state index contributed by atoms with van der Waals surface area (Å²) < 4.78 is 6.30. The first-order chi connectivity index (χ1) is 36.7. The van der Waals surface area contributed by atoms with Crippen LogP contribution in [-0.2, 0) is 19.1 Å². The molecule has 1 saturated heterocycles. The summed E-state index contributed by atoms with van der Waals surface area (Å²) in [5, 5.41) is 78.9. The average Bonchev–Trinajstić information content (AvgIpc) is 4.26. The number of guanidine groups is 1. The molecule has 9 aliphatic rings. The summed E-state index contributed by atoms with van der Waals surface area (Å²) in [6.07, 6.45) is 14.0. The highest BCUT2D eigenvalue weighted by molar-refractivity contribution is 6.01. The van der Waals surface area contributed by atoms with E-state index >= 15 is 4.79 Å². The molecule has 0 radical (unpaired) electrons.